The van der Waals surface area contributed by atoms with Crippen molar-refractivity contribution in [1.29, 1.82) is 0 Å². The molecule has 0 aliphatic rings. The van der Waals surface area contributed by atoms with Gasteiger partial charge in [0.25, 0.3) is 0 Å². The Labute approximate surface area is 86.4 Å². The minimum absolute atomic E-state index is 0.0649. The lowest BCUT2D eigenvalue weighted by Gasteiger charge is -2.05. The van der Waals surface area contributed by atoms with Crippen molar-refractivity contribution in [3.63, 3.8) is 0 Å². The summed E-state index contributed by atoms with van der Waals surface area (Å²) in [6, 6.07) is -0.307. The molecule has 0 aliphatic carbocycles. The van der Waals surface area contributed by atoms with Gasteiger partial charge in [0.1, 0.15) is 6.61 Å². The fourth-order valence-electron chi connectivity index (χ4n) is 0.526. The summed E-state index contributed by atoms with van der Waals surface area (Å²) in [5.74, 6) is 2.29. The van der Waals surface area contributed by atoms with Gasteiger partial charge in [-0.25, -0.2) is 0 Å². The first kappa shape index (κ1) is 15.9. The SMILES string of the molecule is C#CCOCC(N)CO.CCOCC. The van der Waals surface area contributed by atoms with Crippen LogP contribution in [0.1, 0.15) is 13.8 Å². The fourth-order valence-corrected chi connectivity index (χ4v) is 0.526. The molecule has 0 fully saturated rings. The summed E-state index contributed by atoms with van der Waals surface area (Å²) >= 11 is 0. The average molecular weight is 203 g/mol. The first-order valence-corrected chi connectivity index (χ1v) is 4.68. The Bertz CT molecular complexity index is 132. The second kappa shape index (κ2) is 14.9. The molecule has 0 saturated carbocycles. The molecule has 0 heterocycles. The molecular weight excluding hydrogens is 182 g/mol. The van der Waals surface area contributed by atoms with E-state index in [1.54, 1.807) is 0 Å². The van der Waals surface area contributed by atoms with E-state index in [2.05, 4.69) is 5.92 Å². The van der Waals surface area contributed by atoms with Crippen LogP contribution in [-0.4, -0.2) is 44.2 Å². The average Bonchev–Trinajstić information content (AvgIpc) is 2.20. The van der Waals surface area contributed by atoms with E-state index >= 15 is 0 Å². The van der Waals surface area contributed by atoms with Crippen molar-refractivity contribution in [2.75, 3.05) is 33.0 Å². The highest BCUT2D eigenvalue weighted by Crippen LogP contribution is 1.77. The van der Waals surface area contributed by atoms with Gasteiger partial charge in [-0.3, -0.25) is 0 Å². The van der Waals surface area contributed by atoms with Gasteiger partial charge in [0, 0.05) is 13.2 Å². The third kappa shape index (κ3) is 17.5. The zero-order valence-electron chi connectivity index (χ0n) is 9.03. The third-order valence-electron chi connectivity index (χ3n) is 1.16. The number of rotatable bonds is 6. The maximum absolute atomic E-state index is 8.38. The number of ether oxygens (including phenoxy) is 2. The Morgan fingerprint density at radius 3 is 2.21 bits per heavy atom. The summed E-state index contributed by atoms with van der Waals surface area (Å²) in [7, 11) is 0. The summed E-state index contributed by atoms with van der Waals surface area (Å²) in [5, 5.41) is 8.38. The number of aliphatic hydroxyl groups is 1. The lowest BCUT2D eigenvalue weighted by Crippen LogP contribution is -2.29. The predicted molar refractivity (Wildman–Crippen MR) is 56.9 cm³/mol. The van der Waals surface area contributed by atoms with E-state index in [1.165, 1.54) is 0 Å². The smallest absolute Gasteiger partial charge is 0.107 e. The molecule has 0 aromatic heterocycles. The molecule has 0 spiro atoms. The normalized spacial score (nSPS) is 11.1. The summed E-state index contributed by atoms with van der Waals surface area (Å²) in [5.41, 5.74) is 5.27. The van der Waals surface area contributed by atoms with Gasteiger partial charge in [0.05, 0.1) is 19.3 Å². The van der Waals surface area contributed by atoms with Crippen LogP contribution in [0, 0.1) is 12.3 Å². The third-order valence-corrected chi connectivity index (χ3v) is 1.16. The van der Waals surface area contributed by atoms with E-state index in [0.29, 0.717) is 6.61 Å². The molecule has 3 N–H and O–H groups in total. The Balaban J connectivity index is 0. The molecule has 84 valence electrons. The number of aliphatic hydroxyl groups excluding tert-OH is 1. The van der Waals surface area contributed by atoms with Gasteiger partial charge in [-0.05, 0) is 13.8 Å². The summed E-state index contributed by atoms with van der Waals surface area (Å²) in [6.45, 7) is 6.18. The van der Waals surface area contributed by atoms with Crippen molar-refractivity contribution >= 4 is 0 Å². The van der Waals surface area contributed by atoms with Crippen LogP contribution in [0.2, 0.25) is 0 Å². The maximum Gasteiger partial charge on any atom is 0.107 e. The second-order valence-electron chi connectivity index (χ2n) is 2.44. The van der Waals surface area contributed by atoms with Gasteiger partial charge in [0.2, 0.25) is 0 Å². The minimum atomic E-state index is -0.307. The van der Waals surface area contributed by atoms with Crippen LogP contribution in [-0.2, 0) is 9.47 Å². The van der Waals surface area contributed by atoms with Gasteiger partial charge in [-0.1, -0.05) is 5.92 Å². The van der Waals surface area contributed by atoms with Crippen molar-refractivity contribution in [2.45, 2.75) is 19.9 Å². The van der Waals surface area contributed by atoms with Crippen LogP contribution < -0.4 is 5.73 Å². The monoisotopic (exact) mass is 203 g/mol. The first-order valence-electron chi connectivity index (χ1n) is 4.68. The zero-order valence-corrected chi connectivity index (χ0v) is 9.03. The molecule has 0 aromatic carbocycles. The van der Waals surface area contributed by atoms with Crippen LogP contribution in [0.4, 0.5) is 0 Å². The van der Waals surface area contributed by atoms with Crippen molar-refractivity contribution in [3.05, 3.63) is 0 Å². The van der Waals surface area contributed by atoms with Crippen LogP contribution >= 0.6 is 0 Å². The first-order chi connectivity index (χ1) is 6.72. The lowest BCUT2D eigenvalue weighted by atomic mass is 10.4. The Hall–Kier alpha value is -0.600. The molecule has 0 radical (unpaired) electrons. The molecule has 1 atom stereocenters. The number of hydrogen-bond donors (Lipinski definition) is 2. The number of terminal acetylenes is 1. The van der Waals surface area contributed by atoms with E-state index in [1.807, 2.05) is 13.8 Å². The Morgan fingerprint density at radius 1 is 1.36 bits per heavy atom. The van der Waals surface area contributed by atoms with Crippen LogP contribution in [0.15, 0.2) is 0 Å². The summed E-state index contributed by atoms with van der Waals surface area (Å²) in [6.07, 6.45) is 4.88. The minimum Gasteiger partial charge on any atom is -0.395 e. The topological polar surface area (TPSA) is 64.7 Å². The quantitative estimate of drug-likeness (QED) is 0.471. The highest BCUT2D eigenvalue weighted by molar-refractivity contribution is 4.83. The summed E-state index contributed by atoms with van der Waals surface area (Å²) in [4.78, 5) is 0. The van der Waals surface area contributed by atoms with Crippen molar-refractivity contribution < 1.29 is 14.6 Å². The van der Waals surface area contributed by atoms with Gasteiger partial charge in [0.15, 0.2) is 0 Å². The standard InChI is InChI=1S/C6H11NO2.C4H10O/c1-2-3-9-5-6(7)4-8;1-3-5-4-2/h1,6,8H,3-5,7H2;3-4H2,1-2H3. The molecule has 0 aliphatic heterocycles. The van der Waals surface area contributed by atoms with E-state index < -0.39 is 0 Å². The van der Waals surface area contributed by atoms with E-state index in [9.17, 15) is 0 Å². The van der Waals surface area contributed by atoms with E-state index in [4.69, 9.17) is 26.7 Å². The predicted octanol–water partition coefficient (Wildman–Crippen LogP) is -0.00140. The molecule has 1 unspecified atom stereocenters. The van der Waals surface area contributed by atoms with Gasteiger partial charge >= 0.3 is 0 Å². The Kier molecular flexibility index (Phi) is 16.9. The molecule has 4 nitrogen and oxygen atoms in total. The van der Waals surface area contributed by atoms with Crippen molar-refractivity contribution in [1.82, 2.24) is 0 Å². The van der Waals surface area contributed by atoms with Gasteiger partial charge < -0.3 is 20.3 Å². The largest absolute Gasteiger partial charge is 0.395 e. The van der Waals surface area contributed by atoms with Crippen LogP contribution in [0.5, 0.6) is 0 Å². The zero-order chi connectivity index (χ0) is 11.2. The molecule has 14 heavy (non-hydrogen) atoms. The van der Waals surface area contributed by atoms with Crippen molar-refractivity contribution in [3.8, 4) is 12.3 Å². The molecule has 0 saturated heterocycles. The maximum atomic E-state index is 8.38. The molecule has 0 rings (SSSR count). The van der Waals surface area contributed by atoms with Gasteiger partial charge in [-0.15, -0.1) is 6.42 Å². The highest BCUT2D eigenvalue weighted by Gasteiger charge is 1.96. The molecular formula is C10H21NO3. The molecule has 0 aromatic rings. The molecule has 0 amide bonds. The lowest BCUT2D eigenvalue weighted by molar-refractivity contribution is 0.125. The highest BCUT2D eigenvalue weighted by atomic mass is 16.5. The van der Waals surface area contributed by atoms with Crippen LogP contribution in [0.25, 0.3) is 0 Å². The van der Waals surface area contributed by atoms with Crippen molar-refractivity contribution in [2.24, 2.45) is 5.73 Å². The van der Waals surface area contributed by atoms with Gasteiger partial charge in [-0.2, -0.15) is 0 Å². The second-order valence-corrected chi connectivity index (χ2v) is 2.44. The van der Waals surface area contributed by atoms with Crippen LogP contribution in [0.3, 0.4) is 0 Å². The number of hydrogen-bond acceptors (Lipinski definition) is 4. The molecule has 4 heteroatoms. The fraction of sp³-hybridized carbons (Fsp3) is 0.800. The van der Waals surface area contributed by atoms with E-state index in [-0.39, 0.29) is 19.3 Å². The molecule has 0 bridgehead atoms. The Morgan fingerprint density at radius 2 is 1.93 bits per heavy atom. The summed E-state index contributed by atoms with van der Waals surface area (Å²) < 4.78 is 9.65. The van der Waals surface area contributed by atoms with E-state index in [0.717, 1.165) is 13.2 Å². The number of nitrogens with two attached hydrogens (primary N) is 1.